The molecule has 0 aliphatic rings. The van der Waals surface area contributed by atoms with E-state index < -0.39 is 10.0 Å². The maximum absolute atomic E-state index is 12.6. The number of hydrogen-bond acceptors (Lipinski definition) is 4. The number of nitrogens with one attached hydrogen (secondary N) is 1. The fraction of sp³-hybridized carbons (Fsp3) is 0.136. The van der Waals surface area contributed by atoms with Gasteiger partial charge in [-0.15, -0.1) is 11.8 Å². The first-order valence-corrected chi connectivity index (χ1v) is 12.0. The van der Waals surface area contributed by atoms with Crippen LogP contribution in [0.5, 0.6) is 0 Å². The van der Waals surface area contributed by atoms with E-state index in [9.17, 15) is 13.2 Å². The summed E-state index contributed by atoms with van der Waals surface area (Å²) in [5, 5.41) is 2.90. The Morgan fingerprint density at radius 3 is 2.17 bits per heavy atom. The summed E-state index contributed by atoms with van der Waals surface area (Å²) in [7, 11) is -3.48. The van der Waals surface area contributed by atoms with Gasteiger partial charge in [0.15, 0.2) is 0 Å². The lowest BCUT2D eigenvalue weighted by molar-refractivity contribution is 0.102. The van der Waals surface area contributed by atoms with Gasteiger partial charge in [-0.05, 0) is 48.2 Å². The molecule has 3 rings (SSSR count). The molecule has 150 valence electrons. The van der Waals surface area contributed by atoms with Crippen molar-refractivity contribution < 1.29 is 13.2 Å². The van der Waals surface area contributed by atoms with E-state index >= 15 is 0 Å². The highest BCUT2D eigenvalue weighted by Crippen LogP contribution is 2.26. The van der Waals surface area contributed by atoms with Gasteiger partial charge in [0.25, 0.3) is 5.91 Å². The van der Waals surface area contributed by atoms with E-state index in [4.69, 9.17) is 0 Å². The predicted octanol–water partition coefficient (Wildman–Crippen LogP) is 4.63. The fourth-order valence-electron chi connectivity index (χ4n) is 2.87. The first-order valence-electron chi connectivity index (χ1n) is 8.94. The van der Waals surface area contributed by atoms with Crippen LogP contribution in [0.3, 0.4) is 0 Å². The molecule has 3 aromatic carbocycles. The van der Waals surface area contributed by atoms with Crippen LogP contribution in [0.25, 0.3) is 0 Å². The topological polar surface area (TPSA) is 66.5 Å². The maximum Gasteiger partial charge on any atom is 0.255 e. The van der Waals surface area contributed by atoms with Gasteiger partial charge in [0.2, 0.25) is 10.0 Å². The molecule has 1 N–H and O–H groups in total. The number of hydrogen-bond donors (Lipinski definition) is 1. The minimum atomic E-state index is -3.48. The van der Waals surface area contributed by atoms with Crippen LogP contribution in [0.2, 0.25) is 0 Å². The molecule has 0 aliphatic heterocycles. The minimum Gasteiger partial charge on any atom is -0.321 e. The monoisotopic (exact) mass is 426 g/mol. The number of para-hydroxylation sites is 1. The second kappa shape index (κ2) is 9.15. The van der Waals surface area contributed by atoms with E-state index in [2.05, 4.69) is 5.32 Å². The lowest BCUT2D eigenvalue weighted by Crippen LogP contribution is -2.29. The summed E-state index contributed by atoms with van der Waals surface area (Å²) in [5.41, 5.74) is 2.60. The van der Waals surface area contributed by atoms with Gasteiger partial charge in [-0.3, -0.25) is 9.10 Å². The van der Waals surface area contributed by atoms with Crippen molar-refractivity contribution in [3.63, 3.8) is 0 Å². The maximum atomic E-state index is 12.6. The molecule has 3 aromatic rings. The van der Waals surface area contributed by atoms with Gasteiger partial charge in [-0.25, -0.2) is 8.42 Å². The third-order valence-electron chi connectivity index (χ3n) is 4.34. The molecule has 0 radical (unpaired) electrons. The molecule has 0 spiro atoms. The molecular formula is C22H22N2O3S2. The van der Waals surface area contributed by atoms with E-state index in [-0.39, 0.29) is 12.5 Å². The van der Waals surface area contributed by atoms with Gasteiger partial charge in [0.1, 0.15) is 0 Å². The van der Waals surface area contributed by atoms with Crippen LogP contribution in [-0.2, 0) is 16.6 Å². The van der Waals surface area contributed by atoms with E-state index in [1.807, 2.05) is 60.9 Å². The molecule has 0 saturated heterocycles. The Kier molecular flexibility index (Phi) is 6.61. The van der Waals surface area contributed by atoms with Gasteiger partial charge in [-0.1, -0.05) is 42.5 Å². The molecule has 0 unspecified atom stereocenters. The van der Waals surface area contributed by atoms with Crippen LogP contribution >= 0.6 is 11.8 Å². The summed E-state index contributed by atoms with van der Waals surface area (Å²) < 4.78 is 25.9. The van der Waals surface area contributed by atoms with Crippen molar-refractivity contribution in [1.82, 2.24) is 0 Å². The Balaban J connectivity index is 1.81. The van der Waals surface area contributed by atoms with Gasteiger partial charge < -0.3 is 5.32 Å². The second-order valence-electron chi connectivity index (χ2n) is 6.46. The van der Waals surface area contributed by atoms with E-state index in [1.54, 1.807) is 36.0 Å². The molecule has 5 nitrogen and oxygen atoms in total. The van der Waals surface area contributed by atoms with Crippen LogP contribution < -0.4 is 9.62 Å². The number of rotatable bonds is 7. The molecule has 0 heterocycles. The summed E-state index contributed by atoms with van der Waals surface area (Å²) >= 11 is 1.55. The van der Waals surface area contributed by atoms with Crippen molar-refractivity contribution in [1.29, 1.82) is 0 Å². The van der Waals surface area contributed by atoms with Crippen LogP contribution in [0, 0.1) is 0 Å². The number of carbonyl (C=O) groups is 1. The normalized spacial score (nSPS) is 11.1. The van der Waals surface area contributed by atoms with Gasteiger partial charge in [0, 0.05) is 10.5 Å². The van der Waals surface area contributed by atoms with Crippen molar-refractivity contribution in [2.24, 2.45) is 0 Å². The van der Waals surface area contributed by atoms with Crippen molar-refractivity contribution in [2.45, 2.75) is 11.4 Å². The Labute approximate surface area is 175 Å². The molecule has 0 fully saturated rings. The first kappa shape index (κ1) is 21.0. The third kappa shape index (κ3) is 5.40. The smallest absolute Gasteiger partial charge is 0.255 e. The average Bonchev–Trinajstić information content (AvgIpc) is 2.72. The Morgan fingerprint density at radius 1 is 0.931 bits per heavy atom. The van der Waals surface area contributed by atoms with Crippen LogP contribution in [0.4, 0.5) is 11.4 Å². The standard InChI is InChI=1S/C22H22N2O3S2/c1-28-21-11-7-6-10-20(21)23-22(25)18-12-14-19(15-13-18)24(29(2,26)27)16-17-8-4-3-5-9-17/h3-15H,16H2,1-2H3,(H,23,25). The van der Waals surface area contributed by atoms with Crippen LogP contribution in [0.1, 0.15) is 15.9 Å². The summed E-state index contributed by atoms with van der Waals surface area (Å²) in [4.78, 5) is 13.6. The molecule has 0 saturated carbocycles. The zero-order chi connectivity index (χ0) is 20.9. The number of amides is 1. The number of sulfonamides is 1. The second-order valence-corrected chi connectivity index (χ2v) is 9.21. The number of nitrogens with zero attached hydrogens (tertiary/aromatic N) is 1. The predicted molar refractivity (Wildman–Crippen MR) is 120 cm³/mol. The first-order chi connectivity index (χ1) is 13.9. The van der Waals surface area contributed by atoms with Crippen molar-refractivity contribution in [2.75, 3.05) is 22.1 Å². The minimum absolute atomic E-state index is 0.228. The molecule has 7 heteroatoms. The van der Waals surface area contributed by atoms with Crippen LogP contribution in [0.15, 0.2) is 83.8 Å². The number of benzene rings is 3. The molecule has 1 amide bonds. The molecule has 29 heavy (non-hydrogen) atoms. The van der Waals surface area contributed by atoms with Gasteiger partial charge in [0.05, 0.1) is 24.2 Å². The highest BCUT2D eigenvalue weighted by molar-refractivity contribution is 7.98. The van der Waals surface area contributed by atoms with Crippen molar-refractivity contribution in [3.05, 3.63) is 90.0 Å². The molecular weight excluding hydrogens is 404 g/mol. The summed E-state index contributed by atoms with van der Waals surface area (Å²) in [5.74, 6) is -0.244. The zero-order valence-corrected chi connectivity index (χ0v) is 17.8. The summed E-state index contributed by atoms with van der Waals surface area (Å²) in [6.07, 6.45) is 3.13. The summed E-state index contributed by atoms with van der Waals surface area (Å²) in [6, 6.07) is 23.5. The molecule has 0 atom stereocenters. The number of carbonyl (C=O) groups excluding carboxylic acids is 1. The lowest BCUT2D eigenvalue weighted by atomic mass is 10.1. The summed E-state index contributed by atoms with van der Waals surface area (Å²) in [6.45, 7) is 0.228. The van der Waals surface area contributed by atoms with E-state index in [0.29, 0.717) is 11.3 Å². The Bertz CT molecular complexity index is 1080. The van der Waals surface area contributed by atoms with Gasteiger partial charge in [-0.2, -0.15) is 0 Å². The van der Waals surface area contributed by atoms with Crippen molar-refractivity contribution >= 4 is 39.1 Å². The zero-order valence-electron chi connectivity index (χ0n) is 16.2. The quantitative estimate of drug-likeness (QED) is 0.560. The van der Waals surface area contributed by atoms with Crippen LogP contribution in [-0.4, -0.2) is 26.8 Å². The number of thioether (sulfide) groups is 1. The molecule has 0 aliphatic carbocycles. The SMILES string of the molecule is CSc1ccccc1NC(=O)c1ccc(N(Cc2ccccc2)S(C)(=O)=O)cc1. The lowest BCUT2D eigenvalue weighted by Gasteiger charge is -2.22. The highest BCUT2D eigenvalue weighted by Gasteiger charge is 2.18. The Hall–Kier alpha value is -2.77. The van der Waals surface area contributed by atoms with Crippen molar-refractivity contribution in [3.8, 4) is 0 Å². The average molecular weight is 427 g/mol. The highest BCUT2D eigenvalue weighted by atomic mass is 32.2. The number of anilines is 2. The molecule has 0 aromatic heterocycles. The third-order valence-corrected chi connectivity index (χ3v) is 6.28. The molecule has 0 bridgehead atoms. The Morgan fingerprint density at radius 2 is 1.55 bits per heavy atom. The van der Waals surface area contributed by atoms with E-state index in [1.165, 1.54) is 10.6 Å². The van der Waals surface area contributed by atoms with Gasteiger partial charge >= 0.3 is 0 Å². The fourth-order valence-corrected chi connectivity index (χ4v) is 4.31. The largest absolute Gasteiger partial charge is 0.321 e. The van der Waals surface area contributed by atoms with E-state index in [0.717, 1.165) is 16.1 Å².